The number of amides is 1. The van der Waals surface area contributed by atoms with E-state index in [0.29, 0.717) is 5.56 Å². The van der Waals surface area contributed by atoms with Crippen molar-refractivity contribution in [3.05, 3.63) is 35.9 Å². The van der Waals surface area contributed by atoms with Crippen molar-refractivity contribution in [1.82, 2.24) is 4.90 Å². The van der Waals surface area contributed by atoms with Crippen LogP contribution in [0.5, 0.6) is 0 Å². The van der Waals surface area contributed by atoms with Crippen molar-refractivity contribution in [3.8, 4) is 11.8 Å². The lowest BCUT2D eigenvalue weighted by molar-refractivity contribution is -0.165. The smallest absolute Gasteiger partial charge is 0.338 e. The molecule has 3 rings (SSSR count). The van der Waals surface area contributed by atoms with Crippen molar-refractivity contribution in [2.24, 2.45) is 10.8 Å². The van der Waals surface area contributed by atoms with E-state index in [1.165, 1.54) is 12.0 Å². The second-order valence-corrected chi connectivity index (χ2v) is 9.01. The molecule has 3 atom stereocenters. The highest BCUT2D eigenvalue weighted by Crippen LogP contribution is 2.56. The Kier molecular flexibility index (Phi) is 4.61. The Labute approximate surface area is 165 Å². The van der Waals surface area contributed by atoms with Crippen LogP contribution in [0.1, 0.15) is 40.2 Å². The molecule has 2 fully saturated rings. The quantitative estimate of drug-likeness (QED) is 0.591. The minimum absolute atomic E-state index is 0.184. The summed E-state index contributed by atoms with van der Waals surface area (Å²) in [4.78, 5) is 27.8. The lowest BCUT2D eigenvalue weighted by Crippen LogP contribution is -2.66. The molecule has 0 bridgehead atoms. The van der Waals surface area contributed by atoms with Crippen LogP contribution < -0.4 is 0 Å². The average molecular weight is 385 g/mol. The van der Waals surface area contributed by atoms with E-state index in [0.717, 1.165) is 0 Å². The SMILES string of the molecule is COC(=O)[C@]12CO[C@H](C(C)(C)C)N1C(=O)C(C)(C)[C@@]2(O)C#Cc1ccccc1. The number of carbonyl (C=O) groups excluding carboxylic acids is 2. The van der Waals surface area contributed by atoms with Crippen LogP contribution in [0.2, 0.25) is 0 Å². The van der Waals surface area contributed by atoms with Gasteiger partial charge in [0.1, 0.15) is 6.23 Å². The van der Waals surface area contributed by atoms with Crippen molar-refractivity contribution in [1.29, 1.82) is 0 Å². The maximum absolute atomic E-state index is 13.4. The zero-order valence-corrected chi connectivity index (χ0v) is 17.2. The summed E-state index contributed by atoms with van der Waals surface area (Å²) in [5.74, 6) is 4.67. The van der Waals surface area contributed by atoms with Crippen LogP contribution in [0.15, 0.2) is 30.3 Å². The van der Waals surface area contributed by atoms with Crippen molar-refractivity contribution < 1.29 is 24.2 Å². The van der Waals surface area contributed by atoms with E-state index in [1.54, 1.807) is 26.0 Å². The predicted octanol–water partition coefficient (Wildman–Crippen LogP) is 1.95. The molecule has 150 valence electrons. The molecule has 2 saturated heterocycles. The van der Waals surface area contributed by atoms with Crippen molar-refractivity contribution >= 4 is 11.9 Å². The number of aliphatic hydroxyl groups is 1. The van der Waals surface area contributed by atoms with Crippen LogP contribution in [0.3, 0.4) is 0 Å². The summed E-state index contributed by atoms with van der Waals surface area (Å²) in [6, 6.07) is 9.11. The van der Waals surface area contributed by atoms with Crippen LogP contribution in [-0.2, 0) is 19.1 Å². The molecule has 6 nitrogen and oxygen atoms in total. The Morgan fingerprint density at radius 2 is 1.89 bits per heavy atom. The number of benzene rings is 1. The fourth-order valence-electron chi connectivity index (χ4n) is 4.13. The molecule has 0 spiro atoms. The van der Waals surface area contributed by atoms with Crippen LogP contribution in [0.25, 0.3) is 0 Å². The molecular weight excluding hydrogens is 358 g/mol. The number of esters is 1. The molecule has 2 aliphatic heterocycles. The van der Waals surface area contributed by atoms with Crippen molar-refractivity contribution in [3.63, 3.8) is 0 Å². The van der Waals surface area contributed by atoms with Gasteiger partial charge in [-0.05, 0) is 26.0 Å². The van der Waals surface area contributed by atoms with Crippen LogP contribution in [0.4, 0.5) is 0 Å². The summed E-state index contributed by atoms with van der Waals surface area (Å²) in [5.41, 5.74) is -4.87. The summed E-state index contributed by atoms with van der Waals surface area (Å²) in [7, 11) is 1.24. The first kappa shape index (κ1) is 20.4. The Bertz CT molecular complexity index is 860. The number of hydrogen-bond acceptors (Lipinski definition) is 5. The van der Waals surface area contributed by atoms with E-state index >= 15 is 0 Å². The summed E-state index contributed by atoms with van der Waals surface area (Å²) in [6.45, 7) is 8.78. The lowest BCUT2D eigenvalue weighted by atomic mass is 9.68. The molecule has 0 aromatic heterocycles. The predicted molar refractivity (Wildman–Crippen MR) is 103 cm³/mol. The minimum atomic E-state index is -2.00. The molecule has 1 N–H and O–H groups in total. The van der Waals surface area contributed by atoms with Gasteiger partial charge in [0.2, 0.25) is 11.4 Å². The molecular formula is C22H27NO5. The van der Waals surface area contributed by atoms with Gasteiger partial charge >= 0.3 is 5.97 Å². The van der Waals surface area contributed by atoms with E-state index in [-0.39, 0.29) is 12.5 Å². The van der Waals surface area contributed by atoms with E-state index in [1.807, 2.05) is 39.0 Å². The minimum Gasteiger partial charge on any atom is -0.467 e. The molecule has 1 aromatic rings. The Balaban J connectivity index is 2.24. The molecule has 6 heteroatoms. The van der Waals surface area contributed by atoms with Gasteiger partial charge in [0.15, 0.2) is 5.60 Å². The number of hydrogen-bond donors (Lipinski definition) is 1. The van der Waals surface area contributed by atoms with Crippen LogP contribution >= 0.6 is 0 Å². The number of fused-ring (bicyclic) bond motifs is 1. The topological polar surface area (TPSA) is 76.1 Å². The van der Waals surface area contributed by atoms with E-state index in [9.17, 15) is 14.7 Å². The van der Waals surface area contributed by atoms with E-state index in [2.05, 4.69) is 11.8 Å². The summed E-state index contributed by atoms with van der Waals surface area (Å²) in [6.07, 6.45) is -0.689. The van der Waals surface area contributed by atoms with E-state index < -0.39 is 34.2 Å². The fraction of sp³-hybridized carbons (Fsp3) is 0.545. The molecule has 0 aliphatic carbocycles. The first-order valence-electron chi connectivity index (χ1n) is 9.28. The molecule has 0 unspecified atom stereocenters. The fourth-order valence-corrected chi connectivity index (χ4v) is 4.13. The number of nitrogens with zero attached hydrogens (tertiary/aromatic N) is 1. The van der Waals surface area contributed by atoms with Crippen molar-refractivity contribution in [2.75, 3.05) is 13.7 Å². The second-order valence-electron chi connectivity index (χ2n) is 9.01. The van der Waals surface area contributed by atoms with E-state index in [4.69, 9.17) is 9.47 Å². The van der Waals surface area contributed by atoms with Crippen LogP contribution in [0, 0.1) is 22.7 Å². The molecule has 1 aromatic carbocycles. The summed E-state index contributed by atoms with van der Waals surface area (Å²) < 4.78 is 10.9. The number of rotatable bonds is 1. The zero-order chi connectivity index (χ0) is 21.0. The third kappa shape index (κ3) is 2.50. The molecule has 2 aliphatic rings. The van der Waals surface area contributed by atoms with Gasteiger partial charge in [-0.3, -0.25) is 9.69 Å². The lowest BCUT2D eigenvalue weighted by Gasteiger charge is -2.40. The Morgan fingerprint density at radius 1 is 1.29 bits per heavy atom. The van der Waals surface area contributed by atoms with Gasteiger partial charge in [-0.25, -0.2) is 4.79 Å². The molecule has 0 saturated carbocycles. The van der Waals surface area contributed by atoms with Gasteiger partial charge < -0.3 is 14.6 Å². The number of methoxy groups -OCH3 is 1. The van der Waals surface area contributed by atoms with Gasteiger partial charge in [-0.1, -0.05) is 50.8 Å². The van der Waals surface area contributed by atoms with Crippen LogP contribution in [-0.4, -0.2) is 53.0 Å². The normalized spacial score (nSPS) is 31.2. The standard InChI is InChI=1S/C22H27NO5/c1-19(2,3)17-23-16(24)20(4,5)22(26,13-12-15-10-8-7-9-11-15)21(23,14-28-17)18(25)27-6/h7-11,17,26H,14H2,1-6H3/t17-,21+,22+/m1/s1. The largest absolute Gasteiger partial charge is 0.467 e. The molecule has 28 heavy (non-hydrogen) atoms. The molecule has 1 amide bonds. The number of ether oxygens (including phenoxy) is 2. The maximum Gasteiger partial charge on any atom is 0.338 e. The Morgan fingerprint density at radius 3 is 2.43 bits per heavy atom. The average Bonchev–Trinajstić information content (AvgIpc) is 3.11. The van der Waals surface area contributed by atoms with Gasteiger partial charge in [0.25, 0.3) is 0 Å². The third-order valence-corrected chi connectivity index (χ3v) is 5.78. The zero-order valence-electron chi connectivity index (χ0n) is 17.2. The maximum atomic E-state index is 13.4. The molecule has 2 heterocycles. The summed E-state index contributed by atoms with van der Waals surface area (Å²) in [5, 5.41) is 11.8. The monoisotopic (exact) mass is 385 g/mol. The first-order valence-corrected chi connectivity index (χ1v) is 9.28. The number of carbonyl (C=O) groups is 2. The van der Waals surface area contributed by atoms with Gasteiger partial charge in [0, 0.05) is 11.0 Å². The third-order valence-electron chi connectivity index (χ3n) is 5.78. The highest BCUT2D eigenvalue weighted by molar-refractivity contribution is 6.00. The second kappa shape index (κ2) is 6.33. The van der Waals surface area contributed by atoms with Gasteiger partial charge in [0.05, 0.1) is 19.1 Å². The highest BCUT2D eigenvalue weighted by Gasteiger charge is 2.80. The summed E-state index contributed by atoms with van der Waals surface area (Å²) >= 11 is 0. The molecule has 0 radical (unpaired) electrons. The Hall–Kier alpha value is -2.36. The van der Waals surface area contributed by atoms with Gasteiger partial charge in [-0.15, -0.1) is 0 Å². The van der Waals surface area contributed by atoms with Gasteiger partial charge in [-0.2, -0.15) is 0 Å². The van der Waals surface area contributed by atoms with Crippen molar-refractivity contribution in [2.45, 2.75) is 52.0 Å². The first-order chi connectivity index (χ1) is 12.9. The highest BCUT2D eigenvalue weighted by atomic mass is 16.6.